The van der Waals surface area contributed by atoms with Crippen LogP contribution in [0.25, 0.3) is 0 Å². The summed E-state index contributed by atoms with van der Waals surface area (Å²) in [6, 6.07) is 15.7. The molecule has 0 spiro atoms. The monoisotopic (exact) mass is 287 g/mol. The molecule has 20 heavy (non-hydrogen) atoms. The highest BCUT2D eigenvalue weighted by Crippen LogP contribution is 2.16. The Morgan fingerprint density at radius 1 is 1.05 bits per heavy atom. The van der Waals surface area contributed by atoms with E-state index in [9.17, 15) is 4.79 Å². The number of amides is 1. The molecule has 3 heteroatoms. The molecule has 104 valence electrons. The molecule has 0 aliphatic rings. The van der Waals surface area contributed by atoms with Crippen molar-refractivity contribution < 1.29 is 4.79 Å². The number of carbonyl (C=O) groups excluding carboxylic acids is 1. The van der Waals surface area contributed by atoms with Crippen molar-refractivity contribution in [1.82, 2.24) is 5.32 Å². The van der Waals surface area contributed by atoms with Gasteiger partial charge in [-0.2, -0.15) is 0 Å². The molecule has 0 atom stereocenters. The van der Waals surface area contributed by atoms with E-state index in [2.05, 4.69) is 5.32 Å². The van der Waals surface area contributed by atoms with Gasteiger partial charge in [-0.15, -0.1) is 0 Å². The maximum absolute atomic E-state index is 11.9. The number of rotatable bonds is 5. The summed E-state index contributed by atoms with van der Waals surface area (Å²) in [7, 11) is 0. The summed E-state index contributed by atoms with van der Waals surface area (Å²) in [4.78, 5) is 11.9. The lowest BCUT2D eigenvalue weighted by Crippen LogP contribution is -2.23. The Morgan fingerprint density at radius 2 is 1.70 bits per heavy atom. The Bertz CT molecular complexity index is 544. The first-order chi connectivity index (χ1) is 9.66. The molecular formula is C17H18ClNO. The van der Waals surface area contributed by atoms with Crippen LogP contribution in [0.3, 0.4) is 0 Å². The zero-order chi connectivity index (χ0) is 14.4. The highest BCUT2D eigenvalue weighted by atomic mass is 35.5. The van der Waals surface area contributed by atoms with Crippen molar-refractivity contribution in [2.24, 2.45) is 0 Å². The maximum atomic E-state index is 11.9. The molecule has 0 aliphatic carbocycles. The van der Waals surface area contributed by atoms with Crippen LogP contribution in [0.15, 0.2) is 48.5 Å². The number of hydrogen-bond donors (Lipinski definition) is 1. The van der Waals surface area contributed by atoms with E-state index in [4.69, 9.17) is 11.6 Å². The average Bonchev–Trinajstić information content (AvgIpc) is 2.45. The Morgan fingerprint density at radius 3 is 2.40 bits per heavy atom. The van der Waals surface area contributed by atoms with Crippen LogP contribution in [0.1, 0.15) is 23.1 Å². The van der Waals surface area contributed by atoms with Gasteiger partial charge in [0.05, 0.1) is 0 Å². The van der Waals surface area contributed by atoms with Crippen molar-refractivity contribution in [2.45, 2.75) is 26.3 Å². The highest BCUT2D eigenvalue weighted by Gasteiger charge is 2.05. The molecule has 0 fully saturated rings. The summed E-state index contributed by atoms with van der Waals surface area (Å²) in [5.74, 6) is 0.0492. The second kappa shape index (κ2) is 7.11. The van der Waals surface area contributed by atoms with E-state index in [1.807, 2.05) is 55.5 Å². The second-order valence-electron chi connectivity index (χ2n) is 4.79. The van der Waals surface area contributed by atoms with Crippen LogP contribution in [0.5, 0.6) is 0 Å². The van der Waals surface area contributed by atoms with E-state index < -0.39 is 0 Å². The van der Waals surface area contributed by atoms with Crippen molar-refractivity contribution in [3.63, 3.8) is 0 Å². The Kier molecular flexibility index (Phi) is 5.19. The Hall–Kier alpha value is -1.80. The van der Waals surface area contributed by atoms with E-state index in [1.165, 1.54) is 5.56 Å². The minimum Gasteiger partial charge on any atom is -0.352 e. The predicted octanol–water partition coefficient (Wildman–Crippen LogP) is 3.90. The molecule has 0 aromatic heterocycles. The van der Waals surface area contributed by atoms with E-state index >= 15 is 0 Å². The van der Waals surface area contributed by atoms with Crippen molar-refractivity contribution in [1.29, 1.82) is 0 Å². The largest absolute Gasteiger partial charge is 0.352 e. The third-order valence-electron chi connectivity index (χ3n) is 3.32. The fourth-order valence-corrected chi connectivity index (χ4v) is 2.27. The average molecular weight is 288 g/mol. The lowest BCUT2D eigenvalue weighted by Gasteiger charge is -2.08. The number of halogens is 1. The van der Waals surface area contributed by atoms with Gasteiger partial charge in [0.2, 0.25) is 5.91 Å². The molecule has 0 saturated heterocycles. The number of hydrogen-bond acceptors (Lipinski definition) is 1. The van der Waals surface area contributed by atoms with E-state index in [1.54, 1.807) is 0 Å². The molecule has 0 radical (unpaired) electrons. The molecule has 0 aliphatic heterocycles. The molecular weight excluding hydrogens is 270 g/mol. The Labute approximate surface area is 124 Å². The molecule has 2 rings (SSSR count). The fraction of sp³-hybridized carbons (Fsp3) is 0.235. The molecule has 0 heterocycles. The van der Waals surface area contributed by atoms with Crippen molar-refractivity contribution >= 4 is 17.5 Å². The molecule has 1 amide bonds. The van der Waals surface area contributed by atoms with Gasteiger partial charge in [-0.25, -0.2) is 0 Å². The van der Waals surface area contributed by atoms with Crippen LogP contribution in [0.2, 0.25) is 5.02 Å². The van der Waals surface area contributed by atoms with Gasteiger partial charge < -0.3 is 5.32 Å². The van der Waals surface area contributed by atoms with Crippen LogP contribution in [0, 0.1) is 6.92 Å². The van der Waals surface area contributed by atoms with E-state index in [0.29, 0.717) is 19.4 Å². The van der Waals surface area contributed by atoms with Crippen LogP contribution >= 0.6 is 11.6 Å². The van der Waals surface area contributed by atoms with Gasteiger partial charge in [0.15, 0.2) is 0 Å². The van der Waals surface area contributed by atoms with Crippen LogP contribution in [-0.2, 0) is 17.8 Å². The number of benzene rings is 2. The third kappa shape index (κ3) is 4.10. The van der Waals surface area contributed by atoms with E-state index in [-0.39, 0.29) is 5.91 Å². The van der Waals surface area contributed by atoms with Crippen molar-refractivity contribution in [3.8, 4) is 0 Å². The summed E-state index contributed by atoms with van der Waals surface area (Å²) in [5, 5.41) is 3.67. The number of aryl methyl sites for hydroxylation is 2. The van der Waals surface area contributed by atoms with Gasteiger partial charge in [0.25, 0.3) is 0 Å². The molecule has 0 unspecified atom stereocenters. The quantitative estimate of drug-likeness (QED) is 0.888. The SMILES string of the molecule is Cc1ccccc1CNC(=O)CCc1ccccc1Cl. The zero-order valence-corrected chi connectivity index (χ0v) is 12.3. The third-order valence-corrected chi connectivity index (χ3v) is 3.69. The van der Waals surface area contributed by atoms with Gasteiger partial charge >= 0.3 is 0 Å². The van der Waals surface area contributed by atoms with Gasteiger partial charge in [-0.3, -0.25) is 4.79 Å². The number of nitrogens with one attached hydrogen (secondary N) is 1. The summed E-state index contributed by atoms with van der Waals surface area (Å²) in [6.07, 6.45) is 1.12. The Balaban J connectivity index is 1.82. The molecule has 2 nitrogen and oxygen atoms in total. The van der Waals surface area contributed by atoms with E-state index in [0.717, 1.165) is 16.1 Å². The number of carbonyl (C=O) groups is 1. The minimum absolute atomic E-state index is 0.0492. The first-order valence-corrected chi connectivity index (χ1v) is 7.09. The van der Waals surface area contributed by atoms with Gasteiger partial charge in [0.1, 0.15) is 0 Å². The minimum atomic E-state index is 0.0492. The molecule has 2 aromatic rings. The highest BCUT2D eigenvalue weighted by molar-refractivity contribution is 6.31. The summed E-state index contributed by atoms with van der Waals surface area (Å²) in [5.41, 5.74) is 3.36. The molecule has 1 N–H and O–H groups in total. The van der Waals surface area contributed by atoms with Crippen LogP contribution in [0.4, 0.5) is 0 Å². The normalized spacial score (nSPS) is 10.3. The maximum Gasteiger partial charge on any atom is 0.220 e. The predicted molar refractivity (Wildman–Crippen MR) is 82.8 cm³/mol. The smallest absolute Gasteiger partial charge is 0.220 e. The van der Waals surface area contributed by atoms with Gasteiger partial charge in [-0.05, 0) is 36.1 Å². The fourth-order valence-electron chi connectivity index (χ4n) is 2.04. The van der Waals surface area contributed by atoms with Crippen molar-refractivity contribution in [2.75, 3.05) is 0 Å². The van der Waals surface area contributed by atoms with Gasteiger partial charge in [0, 0.05) is 18.0 Å². The first-order valence-electron chi connectivity index (χ1n) is 6.71. The molecule has 0 bridgehead atoms. The summed E-state index contributed by atoms with van der Waals surface area (Å²) >= 11 is 6.07. The lowest BCUT2D eigenvalue weighted by atomic mass is 10.1. The first kappa shape index (κ1) is 14.6. The second-order valence-corrected chi connectivity index (χ2v) is 5.20. The summed E-state index contributed by atoms with van der Waals surface area (Å²) < 4.78 is 0. The van der Waals surface area contributed by atoms with Crippen LogP contribution in [-0.4, -0.2) is 5.91 Å². The molecule has 2 aromatic carbocycles. The standard InChI is InChI=1S/C17H18ClNO/c1-13-6-2-3-8-15(13)12-19-17(20)11-10-14-7-4-5-9-16(14)18/h2-9H,10-12H2,1H3,(H,19,20). The summed E-state index contributed by atoms with van der Waals surface area (Å²) in [6.45, 7) is 2.62. The topological polar surface area (TPSA) is 29.1 Å². The molecule has 0 saturated carbocycles. The van der Waals surface area contributed by atoms with Crippen molar-refractivity contribution in [3.05, 3.63) is 70.2 Å². The van der Waals surface area contributed by atoms with Crippen LogP contribution < -0.4 is 5.32 Å². The lowest BCUT2D eigenvalue weighted by molar-refractivity contribution is -0.121. The van der Waals surface area contributed by atoms with Gasteiger partial charge in [-0.1, -0.05) is 54.1 Å². The zero-order valence-electron chi connectivity index (χ0n) is 11.5.